The standard InChI is InChI=1S/C16H18BrFN2O4/c1-3-10(2)19-16(23)20-14(21)9-24-15(22)7-4-11-8-12(17)5-6-13(11)18/h4-8,10H,3,9H2,1-2H3,(H2,19,20,21,23)/b7-4+/t10-/m1/s1. The highest BCUT2D eigenvalue weighted by molar-refractivity contribution is 9.10. The van der Waals surface area contributed by atoms with Crippen LogP contribution in [0.1, 0.15) is 25.8 Å². The SMILES string of the molecule is CC[C@@H](C)NC(=O)NC(=O)COC(=O)/C=C/c1cc(Br)ccc1F. The van der Waals surface area contributed by atoms with Gasteiger partial charge in [0, 0.05) is 22.2 Å². The highest BCUT2D eigenvalue weighted by Crippen LogP contribution is 2.16. The van der Waals surface area contributed by atoms with Crippen molar-refractivity contribution >= 4 is 39.9 Å². The Bertz CT molecular complexity index is 649. The van der Waals surface area contributed by atoms with Crippen molar-refractivity contribution in [3.8, 4) is 0 Å². The second-order valence-corrected chi connectivity index (χ2v) is 5.85. The van der Waals surface area contributed by atoms with E-state index in [2.05, 4.69) is 26.0 Å². The van der Waals surface area contributed by atoms with Crippen LogP contribution in [0.3, 0.4) is 0 Å². The number of hydrogen-bond acceptors (Lipinski definition) is 4. The third kappa shape index (κ3) is 7.36. The molecule has 0 aliphatic rings. The van der Waals surface area contributed by atoms with Gasteiger partial charge in [-0.15, -0.1) is 0 Å². The molecule has 8 heteroatoms. The van der Waals surface area contributed by atoms with Crippen LogP contribution in [0.2, 0.25) is 0 Å². The van der Waals surface area contributed by atoms with Gasteiger partial charge in [0.05, 0.1) is 0 Å². The van der Waals surface area contributed by atoms with Gasteiger partial charge in [0.15, 0.2) is 6.61 Å². The van der Waals surface area contributed by atoms with Crippen LogP contribution in [0.15, 0.2) is 28.7 Å². The average molecular weight is 401 g/mol. The number of carbonyl (C=O) groups is 3. The van der Waals surface area contributed by atoms with Crippen LogP contribution in [0.5, 0.6) is 0 Å². The molecule has 1 rings (SSSR count). The normalized spacial score (nSPS) is 11.8. The number of hydrogen-bond donors (Lipinski definition) is 2. The summed E-state index contributed by atoms with van der Waals surface area (Å²) >= 11 is 3.19. The first-order valence-electron chi connectivity index (χ1n) is 7.22. The number of rotatable bonds is 6. The van der Waals surface area contributed by atoms with Crippen molar-refractivity contribution < 1.29 is 23.5 Å². The first kappa shape index (κ1) is 19.8. The lowest BCUT2D eigenvalue weighted by atomic mass is 10.2. The molecule has 130 valence electrons. The van der Waals surface area contributed by atoms with Gasteiger partial charge in [-0.1, -0.05) is 22.9 Å². The zero-order valence-electron chi connectivity index (χ0n) is 13.3. The molecule has 0 aromatic heterocycles. The number of carbonyl (C=O) groups excluding carboxylic acids is 3. The minimum atomic E-state index is -0.827. The minimum absolute atomic E-state index is 0.0802. The molecule has 1 aromatic carbocycles. The van der Waals surface area contributed by atoms with Crippen molar-refractivity contribution in [3.63, 3.8) is 0 Å². The van der Waals surface area contributed by atoms with Crippen LogP contribution < -0.4 is 10.6 Å². The number of imide groups is 1. The molecule has 0 bridgehead atoms. The minimum Gasteiger partial charge on any atom is -0.452 e. The number of benzene rings is 1. The van der Waals surface area contributed by atoms with E-state index >= 15 is 0 Å². The van der Waals surface area contributed by atoms with E-state index in [0.717, 1.165) is 6.08 Å². The smallest absolute Gasteiger partial charge is 0.331 e. The van der Waals surface area contributed by atoms with Crippen molar-refractivity contribution in [3.05, 3.63) is 40.1 Å². The number of ether oxygens (including phenoxy) is 1. The molecule has 0 aliphatic heterocycles. The molecule has 0 radical (unpaired) electrons. The number of urea groups is 1. The molecule has 0 spiro atoms. The van der Waals surface area contributed by atoms with E-state index in [0.29, 0.717) is 10.9 Å². The van der Waals surface area contributed by atoms with Crippen LogP contribution in [0.4, 0.5) is 9.18 Å². The molecule has 24 heavy (non-hydrogen) atoms. The maximum atomic E-state index is 13.5. The van der Waals surface area contributed by atoms with Gasteiger partial charge < -0.3 is 10.1 Å². The summed E-state index contributed by atoms with van der Waals surface area (Å²) in [6, 6.07) is 3.53. The zero-order chi connectivity index (χ0) is 18.1. The van der Waals surface area contributed by atoms with E-state index < -0.39 is 30.3 Å². The molecule has 1 atom stereocenters. The first-order chi connectivity index (χ1) is 11.3. The molecule has 0 fully saturated rings. The van der Waals surface area contributed by atoms with Crippen molar-refractivity contribution in [2.24, 2.45) is 0 Å². The van der Waals surface area contributed by atoms with Gasteiger partial charge >= 0.3 is 12.0 Å². The van der Waals surface area contributed by atoms with E-state index in [1.165, 1.54) is 24.3 Å². The molecule has 3 amide bonds. The molecule has 1 aromatic rings. The maximum Gasteiger partial charge on any atom is 0.331 e. The molecule has 6 nitrogen and oxygen atoms in total. The van der Waals surface area contributed by atoms with Crippen molar-refractivity contribution in [1.29, 1.82) is 0 Å². The number of amides is 3. The van der Waals surface area contributed by atoms with E-state index in [1.807, 2.05) is 12.2 Å². The second kappa shape index (κ2) is 9.82. The first-order valence-corrected chi connectivity index (χ1v) is 8.01. The lowest BCUT2D eigenvalue weighted by Crippen LogP contribution is -2.44. The van der Waals surface area contributed by atoms with Gasteiger partial charge in [0.1, 0.15) is 5.82 Å². The van der Waals surface area contributed by atoms with Gasteiger partial charge in [-0.2, -0.15) is 0 Å². The average Bonchev–Trinajstić information content (AvgIpc) is 2.53. The van der Waals surface area contributed by atoms with E-state index in [9.17, 15) is 18.8 Å². The molecular weight excluding hydrogens is 383 g/mol. The largest absolute Gasteiger partial charge is 0.452 e. The Kier molecular flexibility index (Phi) is 8.11. The van der Waals surface area contributed by atoms with Gasteiger partial charge in [-0.05, 0) is 37.6 Å². The van der Waals surface area contributed by atoms with E-state index in [-0.39, 0.29) is 11.6 Å². The fourth-order valence-electron chi connectivity index (χ4n) is 1.51. The number of nitrogens with one attached hydrogen (secondary N) is 2. The summed E-state index contributed by atoms with van der Waals surface area (Å²) < 4.78 is 18.8. The molecule has 2 N–H and O–H groups in total. The highest BCUT2D eigenvalue weighted by atomic mass is 79.9. The Hall–Kier alpha value is -2.22. The third-order valence-corrected chi connectivity index (χ3v) is 3.44. The fourth-order valence-corrected chi connectivity index (χ4v) is 1.89. The van der Waals surface area contributed by atoms with Crippen molar-refractivity contribution in [1.82, 2.24) is 10.6 Å². The Balaban J connectivity index is 2.43. The molecule has 0 saturated heterocycles. The second-order valence-electron chi connectivity index (χ2n) is 4.94. The lowest BCUT2D eigenvalue weighted by molar-refractivity contribution is -0.143. The highest BCUT2D eigenvalue weighted by Gasteiger charge is 2.11. The monoisotopic (exact) mass is 400 g/mol. The van der Waals surface area contributed by atoms with Crippen molar-refractivity contribution in [2.75, 3.05) is 6.61 Å². The quantitative estimate of drug-likeness (QED) is 0.567. The molecule has 0 aliphatic carbocycles. The summed E-state index contributed by atoms with van der Waals surface area (Å²) in [5.74, 6) is -2.08. The van der Waals surface area contributed by atoms with Crippen LogP contribution in [-0.4, -0.2) is 30.6 Å². The summed E-state index contributed by atoms with van der Waals surface area (Å²) in [5, 5.41) is 4.57. The Labute approximate surface area is 147 Å². The number of esters is 1. The molecule has 0 heterocycles. The van der Waals surface area contributed by atoms with Crippen molar-refractivity contribution in [2.45, 2.75) is 26.3 Å². The van der Waals surface area contributed by atoms with Crippen LogP contribution in [-0.2, 0) is 14.3 Å². The number of halogens is 2. The predicted octanol–water partition coefficient (Wildman–Crippen LogP) is 2.77. The van der Waals surface area contributed by atoms with Crippen LogP contribution >= 0.6 is 15.9 Å². The van der Waals surface area contributed by atoms with Gasteiger partial charge in [0.2, 0.25) is 0 Å². The lowest BCUT2D eigenvalue weighted by Gasteiger charge is -2.11. The Morgan fingerprint density at radius 3 is 2.75 bits per heavy atom. The molecular formula is C16H18BrFN2O4. The molecule has 0 saturated carbocycles. The summed E-state index contributed by atoms with van der Waals surface area (Å²) in [6.07, 6.45) is 2.95. The fraction of sp³-hybridized carbons (Fsp3) is 0.312. The molecule has 0 unspecified atom stereocenters. The maximum absolute atomic E-state index is 13.5. The van der Waals surface area contributed by atoms with E-state index in [4.69, 9.17) is 0 Å². The van der Waals surface area contributed by atoms with Gasteiger partial charge in [-0.25, -0.2) is 14.0 Å². The third-order valence-electron chi connectivity index (χ3n) is 2.95. The zero-order valence-corrected chi connectivity index (χ0v) is 14.9. The topological polar surface area (TPSA) is 84.5 Å². The predicted molar refractivity (Wildman–Crippen MR) is 90.5 cm³/mol. The van der Waals surface area contributed by atoms with Gasteiger partial charge in [-0.3, -0.25) is 10.1 Å². The Morgan fingerprint density at radius 1 is 1.38 bits per heavy atom. The summed E-state index contributed by atoms with van der Waals surface area (Å²) in [4.78, 5) is 34.4. The summed E-state index contributed by atoms with van der Waals surface area (Å²) in [6.45, 7) is 3.06. The van der Waals surface area contributed by atoms with E-state index in [1.54, 1.807) is 6.92 Å². The summed E-state index contributed by atoms with van der Waals surface area (Å²) in [7, 11) is 0. The van der Waals surface area contributed by atoms with Crippen LogP contribution in [0.25, 0.3) is 6.08 Å². The Morgan fingerprint density at radius 2 is 2.08 bits per heavy atom. The summed E-state index contributed by atoms with van der Waals surface area (Å²) in [5.41, 5.74) is 0.193. The van der Waals surface area contributed by atoms with Gasteiger partial charge in [0.25, 0.3) is 5.91 Å². The van der Waals surface area contributed by atoms with Crippen LogP contribution in [0, 0.1) is 5.82 Å².